The van der Waals surface area contributed by atoms with E-state index in [0.717, 1.165) is 0 Å². The quantitative estimate of drug-likeness (QED) is 0.859. The molecule has 138 valence electrons. The average molecular weight is 358 g/mol. The SMILES string of the molecule is COc1cc(C(=O)Nc2ccc(C(=O)N(C)C)cc2)cc(OC)c1OC. The van der Waals surface area contributed by atoms with E-state index in [4.69, 9.17) is 14.2 Å². The lowest BCUT2D eigenvalue weighted by molar-refractivity contribution is 0.0827. The van der Waals surface area contributed by atoms with Gasteiger partial charge in [0.2, 0.25) is 5.75 Å². The zero-order valence-electron chi connectivity index (χ0n) is 15.5. The van der Waals surface area contributed by atoms with Gasteiger partial charge in [0.15, 0.2) is 11.5 Å². The Balaban J connectivity index is 2.23. The topological polar surface area (TPSA) is 77.1 Å². The Hall–Kier alpha value is -3.22. The average Bonchev–Trinajstić information content (AvgIpc) is 2.66. The molecule has 0 unspecified atom stereocenters. The second kappa shape index (κ2) is 8.24. The van der Waals surface area contributed by atoms with Crippen LogP contribution in [0.5, 0.6) is 17.2 Å². The molecule has 0 saturated heterocycles. The van der Waals surface area contributed by atoms with Crippen LogP contribution in [0.4, 0.5) is 5.69 Å². The van der Waals surface area contributed by atoms with E-state index in [1.165, 1.54) is 26.2 Å². The van der Waals surface area contributed by atoms with Crippen LogP contribution in [0.25, 0.3) is 0 Å². The van der Waals surface area contributed by atoms with E-state index in [1.54, 1.807) is 50.5 Å². The smallest absolute Gasteiger partial charge is 0.255 e. The molecule has 2 aromatic rings. The van der Waals surface area contributed by atoms with Crippen molar-refractivity contribution in [2.24, 2.45) is 0 Å². The van der Waals surface area contributed by atoms with Gasteiger partial charge in [-0.2, -0.15) is 0 Å². The zero-order valence-corrected chi connectivity index (χ0v) is 15.5. The fourth-order valence-electron chi connectivity index (χ4n) is 2.37. The molecule has 0 atom stereocenters. The van der Waals surface area contributed by atoms with Crippen LogP contribution in [0.2, 0.25) is 0 Å². The summed E-state index contributed by atoms with van der Waals surface area (Å²) < 4.78 is 15.8. The highest BCUT2D eigenvalue weighted by molar-refractivity contribution is 6.05. The number of anilines is 1. The summed E-state index contributed by atoms with van der Waals surface area (Å²) in [6.07, 6.45) is 0. The van der Waals surface area contributed by atoms with Crippen molar-refractivity contribution >= 4 is 17.5 Å². The third-order valence-corrected chi connectivity index (χ3v) is 3.72. The normalized spacial score (nSPS) is 10.0. The van der Waals surface area contributed by atoms with E-state index in [9.17, 15) is 9.59 Å². The Kier molecular flexibility index (Phi) is 6.06. The van der Waals surface area contributed by atoms with E-state index in [-0.39, 0.29) is 11.8 Å². The van der Waals surface area contributed by atoms with Crippen LogP contribution >= 0.6 is 0 Å². The molecular weight excluding hydrogens is 336 g/mol. The Morgan fingerprint density at radius 2 is 1.38 bits per heavy atom. The molecule has 7 heteroatoms. The van der Waals surface area contributed by atoms with Crippen molar-refractivity contribution in [3.8, 4) is 17.2 Å². The number of rotatable bonds is 6. The number of methoxy groups -OCH3 is 3. The number of benzene rings is 2. The molecule has 0 fully saturated rings. The van der Waals surface area contributed by atoms with Crippen molar-refractivity contribution in [1.29, 1.82) is 0 Å². The van der Waals surface area contributed by atoms with Crippen molar-refractivity contribution in [1.82, 2.24) is 4.90 Å². The number of amides is 2. The second-order valence-corrected chi connectivity index (χ2v) is 5.65. The summed E-state index contributed by atoms with van der Waals surface area (Å²) in [5, 5.41) is 2.78. The maximum absolute atomic E-state index is 12.5. The third kappa shape index (κ3) is 4.05. The third-order valence-electron chi connectivity index (χ3n) is 3.72. The van der Waals surface area contributed by atoms with E-state index in [1.807, 2.05) is 0 Å². The number of hydrogen-bond donors (Lipinski definition) is 1. The van der Waals surface area contributed by atoms with Crippen LogP contribution in [0.3, 0.4) is 0 Å². The maximum atomic E-state index is 12.5. The number of carbonyl (C=O) groups is 2. The fraction of sp³-hybridized carbons (Fsp3) is 0.263. The summed E-state index contributed by atoms with van der Waals surface area (Å²) in [7, 11) is 7.83. The van der Waals surface area contributed by atoms with Gasteiger partial charge in [-0.25, -0.2) is 0 Å². The number of carbonyl (C=O) groups excluding carboxylic acids is 2. The largest absolute Gasteiger partial charge is 0.493 e. The van der Waals surface area contributed by atoms with Crippen LogP contribution in [0, 0.1) is 0 Å². The van der Waals surface area contributed by atoms with Gasteiger partial charge in [-0.1, -0.05) is 0 Å². The van der Waals surface area contributed by atoms with Crippen LogP contribution in [-0.4, -0.2) is 52.1 Å². The molecule has 0 aliphatic carbocycles. The summed E-state index contributed by atoms with van der Waals surface area (Å²) in [6, 6.07) is 9.81. The molecule has 0 radical (unpaired) electrons. The Morgan fingerprint density at radius 3 is 1.81 bits per heavy atom. The highest BCUT2D eigenvalue weighted by atomic mass is 16.5. The van der Waals surface area contributed by atoms with Crippen LogP contribution < -0.4 is 19.5 Å². The van der Waals surface area contributed by atoms with Crippen molar-refractivity contribution in [2.45, 2.75) is 0 Å². The Labute approximate surface area is 152 Å². The van der Waals surface area contributed by atoms with Gasteiger partial charge in [-0.05, 0) is 36.4 Å². The first-order chi connectivity index (χ1) is 12.4. The summed E-state index contributed by atoms with van der Waals surface area (Å²) in [5.74, 6) is 0.759. The van der Waals surface area contributed by atoms with Gasteiger partial charge in [0, 0.05) is 30.9 Å². The second-order valence-electron chi connectivity index (χ2n) is 5.65. The molecule has 0 heterocycles. The van der Waals surface area contributed by atoms with Gasteiger partial charge in [0.1, 0.15) is 0 Å². The van der Waals surface area contributed by atoms with Gasteiger partial charge < -0.3 is 24.4 Å². The number of ether oxygens (including phenoxy) is 3. The Morgan fingerprint density at radius 1 is 0.846 bits per heavy atom. The maximum Gasteiger partial charge on any atom is 0.255 e. The number of hydrogen-bond acceptors (Lipinski definition) is 5. The van der Waals surface area contributed by atoms with Crippen molar-refractivity contribution in [2.75, 3.05) is 40.7 Å². The predicted molar refractivity (Wildman–Crippen MR) is 98.5 cm³/mol. The number of nitrogens with zero attached hydrogens (tertiary/aromatic N) is 1. The van der Waals surface area contributed by atoms with Gasteiger partial charge in [-0.15, -0.1) is 0 Å². The highest BCUT2D eigenvalue weighted by Crippen LogP contribution is 2.38. The molecule has 0 aliphatic heterocycles. The fourth-order valence-corrected chi connectivity index (χ4v) is 2.37. The van der Waals surface area contributed by atoms with E-state index >= 15 is 0 Å². The molecule has 0 bridgehead atoms. The van der Waals surface area contributed by atoms with E-state index < -0.39 is 0 Å². The lowest BCUT2D eigenvalue weighted by atomic mass is 10.1. The van der Waals surface area contributed by atoms with Crippen LogP contribution in [-0.2, 0) is 0 Å². The first-order valence-corrected chi connectivity index (χ1v) is 7.84. The van der Waals surface area contributed by atoms with Gasteiger partial charge in [0.25, 0.3) is 11.8 Å². The minimum Gasteiger partial charge on any atom is -0.493 e. The van der Waals surface area contributed by atoms with Crippen LogP contribution in [0.1, 0.15) is 20.7 Å². The lowest BCUT2D eigenvalue weighted by Crippen LogP contribution is -2.21. The van der Waals surface area contributed by atoms with Gasteiger partial charge in [0.05, 0.1) is 21.3 Å². The molecule has 26 heavy (non-hydrogen) atoms. The molecular formula is C19H22N2O5. The van der Waals surface area contributed by atoms with Gasteiger partial charge in [-0.3, -0.25) is 9.59 Å². The minimum absolute atomic E-state index is 0.104. The lowest BCUT2D eigenvalue weighted by Gasteiger charge is -2.14. The molecule has 2 amide bonds. The standard InChI is InChI=1S/C19H22N2O5/c1-21(2)19(23)12-6-8-14(9-7-12)20-18(22)13-10-15(24-3)17(26-5)16(11-13)25-4/h6-11H,1-5H3,(H,20,22). The predicted octanol–water partition coefficient (Wildman–Crippen LogP) is 2.67. The molecule has 0 aromatic heterocycles. The molecule has 0 spiro atoms. The summed E-state index contributed by atoms with van der Waals surface area (Å²) >= 11 is 0. The molecule has 2 rings (SSSR count). The summed E-state index contributed by atoms with van der Waals surface area (Å²) in [5.41, 5.74) is 1.47. The summed E-state index contributed by atoms with van der Waals surface area (Å²) in [6.45, 7) is 0. The van der Waals surface area contributed by atoms with E-state index in [0.29, 0.717) is 34.1 Å². The zero-order chi connectivity index (χ0) is 19.3. The first-order valence-electron chi connectivity index (χ1n) is 7.84. The summed E-state index contributed by atoms with van der Waals surface area (Å²) in [4.78, 5) is 25.9. The van der Waals surface area contributed by atoms with Crippen molar-refractivity contribution in [3.63, 3.8) is 0 Å². The molecule has 1 N–H and O–H groups in total. The van der Waals surface area contributed by atoms with Crippen LogP contribution in [0.15, 0.2) is 36.4 Å². The number of nitrogens with one attached hydrogen (secondary N) is 1. The molecule has 0 aliphatic rings. The molecule has 0 saturated carbocycles. The first kappa shape index (κ1) is 19.1. The minimum atomic E-state index is -0.337. The van der Waals surface area contributed by atoms with Crippen molar-refractivity contribution in [3.05, 3.63) is 47.5 Å². The van der Waals surface area contributed by atoms with Crippen molar-refractivity contribution < 1.29 is 23.8 Å². The molecule has 2 aromatic carbocycles. The van der Waals surface area contributed by atoms with E-state index in [2.05, 4.69) is 5.32 Å². The highest BCUT2D eigenvalue weighted by Gasteiger charge is 2.17. The Bertz CT molecular complexity index is 775. The molecule has 7 nitrogen and oxygen atoms in total. The van der Waals surface area contributed by atoms with Gasteiger partial charge >= 0.3 is 0 Å². The monoisotopic (exact) mass is 358 g/mol.